The van der Waals surface area contributed by atoms with Crippen LogP contribution in [0.5, 0.6) is 0 Å². The number of hydrogen-bond acceptors (Lipinski definition) is 4. The Labute approximate surface area is 171 Å². The monoisotopic (exact) mass is 401 g/mol. The van der Waals surface area contributed by atoms with Crippen LogP contribution in [0.1, 0.15) is 85.6 Å². The minimum atomic E-state index is 0.153. The number of piperidine rings is 2. The van der Waals surface area contributed by atoms with E-state index in [1.807, 2.05) is 10.3 Å². The minimum absolute atomic E-state index is 0.153. The summed E-state index contributed by atoms with van der Waals surface area (Å²) in [6.45, 7) is 2.59. The van der Waals surface area contributed by atoms with E-state index >= 15 is 0 Å². The van der Waals surface area contributed by atoms with Gasteiger partial charge in [-0.2, -0.15) is 0 Å². The van der Waals surface area contributed by atoms with E-state index < -0.39 is 0 Å². The van der Waals surface area contributed by atoms with Crippen LogP contribution in [-0.2, 0) is 4.79 Å². The highest BCUT2D eigenvalue weighted by atomic mass is 32.1. The molecule has 3 heterocycles. The molecule has 5 nitrogen and oxygen atoms in total. The first kappa shape index (κ1) is 18.6. The lowest BCUT2D eigenvalue weighted by Gasteiger charge is -2.43. The second kappa shape index (κ2) is 7.77. The molecule has 2 aliphatic carbocycles. The molecule has 4 aliphatic rings. The molecule has 2 aliphatic heterocycles. The predicted octanol–water partition coefficient (Wildman–Crippen LogP) is 4.05. The number of likely N-dealkylation sites (tertiary alicyclic amines) is 2. The molecule has 2 saturated heterocycles. The average Bonchev–Trinajstić information content (AvgIpc) is 3.49. The summed E-state index contributed by atoms with van der Waals surface area (Å²) in [4.78, 5) is 34.4. The molecule has 0 spiro atoms. The summed E-state index contributed by atoms with van der Waals surface area (Å²) in [7, 11) is 0. The van der Waals surface area contributed by atoms with Crippen molar-refractivity contribution in [3.8, 4) is 0 Å². The third-order valence-corrected chi connectivity index (χ3v) is 8.33. The molecule has 2 unspecified atom stereocenters. The summed E-state index contributed by atoms with van der Waals surface area (Å²) in [5, 5.41) is 3.07. The molecule has 2 atom stereocenters. The Morgan fingerprint density at radius 1 is 0.929 bits per heavy atom. The van der Waals surface area contributed by atoms with Crippen LogP contribution >= 0.6 is 11.3 Å². The average molecular weight is 402 g/mol. The summed E-state index contributed by atoms with van der Waals surface area (Å²) in [6, 6.07) is 0.442. The summed E-state index contributed by atoms with van der Waals surface area (Å²) in [5.41, 5.74) is 0.655. The molecule has 0 aromatic carbocycles. The number of fused-ring (bicyclic) bond motifs is 1. The van der Waals surface area contributed by atoms with Crippen molar-refractivity contribution in [1.82, 2.24) is 14.8 Å². The molecule has 6 heteroatoms. The van der Waals surface area contributed by atoms with Gasteiger partial charge < -0.3 is 9.80 Å². The van der Waals surface area contributed by atoms with Crippen molar-refractivity contribution in [2.75, 3.05) is 19.6 Å². The van der Waals surface area contributed by atoms with E-state index in [0.29, 0.717) is 35.4 Å². The Hall–Kier alpha value is -1.43. The van der Waals surface area contributed by atoms with Crippen LogP contribution in [0.25, 0.3) is 0 Å². The number of thiazole rings is 1. The van der Waals surface area contributed by atoms with Gasteiger partial charge in [0.1, 0.15) is 5.69 Å². The Morgan fingerprint density at radius 3 is 2.46 bits per heavy atom. The minimum Gasteiger partial charge on any atom is -0.342 e. The fraction of sp³-hybridized carbons (Fsp3) is 0.773. The number of carbonyl (C=O) groups is 2. The maximum atomic E-state index is 13.2. The molecule has 1 aromatic heterocycles. The zero-order valence-corrected chi connectivity index (χ0v) is 17.5. The van der Waals surface area contributed by atoms with Crippen molar-refractivity contribution in [3.63, 3.8) is 0 Å². The van der Waals surface area contributed by atoms with E-state index in [0.717, 1.165) is 56.7 Å². The molecule has 2 saturated carbocycles. The van der Waals surface area contributed by atoms with Crippen LogP contribution in [0, 0.1) is 11.8 Å². The molecule has 0 N–H and O–H groups in total. The number of aromatic nitrogens is 1. The van der Waals surface area contributed by atoms with Crippen molar-refractivity contribution in [3.05, 3.63) is 16.1 Å². The smallest absolute Gasteiger partial charge is 0.273 e. The van der Waals surface area contributed by atoms with Crippen LogP contribution in [0.2, 0.25) is 0 Å². The molecule has 1 aromatic rings. The first-order chi connectivity index (χ1) is 13.7. The van der Waals surface area contributed by atoms with Crippen LogP contribution < -0.4 is 0 Å². The van der Waals surface area contributed by atoms with Crippen molar-refractivity contribution >= 4 is 23.2 Å². The number of carbonyl (C=O) groups excluding carboxylic acids is 2. The molecule has 0 bridgehead atoms. The number of amides is 2. The predicted molar refractivity (Wildman–Crippen MR) is 109 cm³/mol. The number of nitrogens with zero attached hydrogens (tertiary/aromatic N) is 3. The molecule has 28 heavy (non-hydrogen) atoms. The van der Waals surface area contributed by atoms with Gasteiger partial charge in [-0.05, 0) is 57.3 Å². The van der Waals surface area contributed by atoms with E-state index in [2.05, 4.69) is 4.90 Å². The van der Waals surface area contributed by atoms with Crippen LogP contribution in [-0.4, -0.2) is 52.3 Å². The Kier molecular flexibility index (Phi) is 5.16. The fourth-order valence-corrected chi connectivity index (χ4v) is 6.50. The van der Waals surface area contributed by atoms with Crippen LogP contribution in [0.15, 0.2) is 5.38 Å². The Bertz CT molecular complexity index is 734. The molecule has 2 amide bonds. The van der Waals surface area contributed by atoms with E-state index in [4.69, 9.17) is 4.98 Å². The normalized spacial score (nSPS) is 28.9. The second-order valence-electron chi connectivity index (χ2n) is 9.20. The molecule has 4 fully saturated rings. The van der Waals surface area contributed by atoms with Gasteiger partial charge >= 0.3 is 0 Å². The lowest BCUT2D eigenvalue weighted by molar-refractivity contribution is -0.133. The van der Waals surface area contributed by atoms with Gasteiger partial charge in [-0.1, -0.05) is 12.8 Å². The van der Waals surface area contributed by atoms with Crippen molar-refractivity contribution in [2.45, 2.75) is 76.2 Å². The summed E-state index contributed by atoms with van der Waals surface area (Å²) >= 11 is 1.64. The van der Waals surface area contributed by atoms with Crippen molar-refractivity contribution < 1.29 is 9.59 Å². The molecular formula is C22H31N3O2S. The summed E-state index contributed by atoms with van der Waals surface area (Å²) < 4.78 is 0. The van der Waals surface area contributed by atoms with Gasteiger partial charge in [-0.3, -0.25) is 9.59 Å². The first-order valence-corrected chi connectivity index (χ1v) is 12.1. The van der Waals surface area contributed by atoms with Gasteiger partial charge in [0, 0.05) is 42.9 Å². The van der Waals surface area contributed by atoms with Gasteiger partial charge in [0.05, 0.1) is 5.01 Å². The lowest BCUT2D eigenvalue weighted by atomic mass is 9.78. The summed E-state index contributed by atoms with van der Waals surface area (Å²) in [5.74, 6) is 1.94. The van der Waals surface area contributed by atoms with E-state index in [-0.39, 0.29) is 5.91 Å². The Morgan fingerprint density at radius 2 is 1.68 bits per heavy atom. The van der Waals surface area contributed by atoms with Crippen LogP contribution in [0.4, 0.5) is 0 Å². The Balaban J connectivity index is 1.22. The maximum Gasteiger partial charge on any atom is 0.273 e. The highest BCUT2D eigenvalue weighted by Gasteiger charge is 2.38. The third kappa shape index (κ3) is 3.60. The highest BCUT2D eigenvalue weighted by Crippen LogP contribution is 2.37. The molecule has 0 radical (unpaired) electrons. The van der Waals surface area contributed by atoms with E-state index in [1.54, 1.807) is 11.3 Å². The fourth-order valence-electron chi connectivity index (χ4n) is 5.53. The maximum absolute atomic E-state index is 13.2. The van der Waals surface area contributed by atoms with Crippen molar-refractivity contribution in [2.24, 2.45) is 11.8 Å². The van der Waals surface area contributed by atoms with Gasteiger partial charge in [0.25, 0.3) is 5.91 Å². The van der Waals surface area contributed by atoms with Gasteiger partial charge in [0.15, 0.2) is 0 Å². The van der Waals surface area contributed by atoms with Gasteiger partial charge in [-0.25, -0.2) is 4.98 Å². The standard InChI is InChI=1S/C22H31N3O2S/c26-21(17-7-8-17)24-12-9-16(10-13-24)20-23-18(14-28-20)22(27)25-11-3-5-15-4-1-2-6-19(15)25/h14-17,19H,1-13H2. The third-order valence-electron chi connectivity index (χ3n) is 7.33. The zero-order chi connectivity index (χ0) is 19.1. The highest BCUT2D eigenvalue weighted by molar-refractivity contribution is 7.09. The van der Waals surface area contributed by atoms with E-state index in [9.17, 15) is 9.59 Å². The second-order valence-corrected chi connectivity index (χ2v) is 10.1. The van der Waals surface area contributed by atoms with Crippen molar-refractivity contribution in [1.29, 1.82) is 0 Å². The van der Waals surface area contributed by atoms with E-state index in [1.165, 1.54) is 32.1 Å². The van der Waals surface area contributed by atoms with Crippen LogP contribution in [0.3, 0.4) is 0 Å². The molecular weight excluding hydrogens is 370 g/mol. The largest absolute Gasteiger partial charge is 0.342 e. The zero-order valence-electron chi connectivity index (χ0n) is 16.6. The SMILES string of the molecule is O=C(C1CC1)N1CCC(c2nc(C(=O)N3CCCC4CCCCC43)cs2)CC1. The van der Waals surface area contributed by atoms with Gasteiger partial charge in [-0.15, -0.1) is 11.3 Å². The topological polar surface area (TPSA) is 53.5 Å². The molecule has 152 valence electrons. The first-order valence-electron chi connectivity index (χ1n) is 11.3. The lowest BCUT2D eigenvalue weighted by Crippen LogP contribution is -2.49. The summed E-state index contributed by atoms with van der Waals surface area (Å²) in [6.07, 6.45) is 11.6. The number of rotatable bonds is 3. The number of hydrogen-bond donors (Lipinski definition) is 0. The molecule has 5 rings (SSSR count). The van der Waals surface area contributed by atoms with Gasteiger partial charge in [0.2, 0.25) is 5.91 Å². The quantitative estimate of drug-likeness (QED) is 0.768.